The van der Waals surface area contributed by atoms with E-state index in [2.05, 4.69) is 37.1 Å². The number of hydrogen-bond acceptors (Lipinski definition) is 5. The van der Waals surface area contributed by atoms with Crippen LogP contribution in [-0.2, 0) is 4.79 Å². The second kappa shape index (κ2) is 6.04. The quantitative estimate of drug-likeness (QED) is 0.781. The molecule has 126 valence electrons. The number of aromatic amines is 1. The van der Waals surface area contributed by atoms with Gasteiger partial charge < -0.3 is 0 Å². The average Bonchev–Trinajstić information content (AvgIpc) is 2.43. The van der Waals surface area contributed by atoms with E-state index < -0.39 is 11.0 Å². The van der Waals surface area contributed by atoms with E-state index in [0.29, 0.717) is 5.69 Å². The standard InChI is InChI=1S/C17H21N5O2/c1-16(2,3)8-7-10-9-18-12-11(19-10)13(23)21-15(20-12)22-14(24)17(4,5)6/h9H,1-6H3,(H2,18,20,21,22,23,24). The SMILES string of the molecule is CC(C)(C)C#Cc1cnc2nc(NC(=O)C(C)(C)C)[nH]c(=O)c2n1. The number of hydrogen-bond donors (Lipinski definition) is 2. The van der Waals surface area contributed by atoms with Crippen LogP contribution in [0.5, 0.6) is 0 Å². The molecular formula is C17H21N5O2. The molecule has 0 fully saturated rings. The molecule has 0 bridgehead atoms. The van der Waals surface area contributed by atoms with E-state index in [1.165, 1.54) is 6.20 Å². The van der Waals surface area contributed by atoms with Gasteiger partial charge in [0.1, 0.15) is 5.69 Å². The second-order valence-corrected chi connectivity index (χ2v) is 7.55. The molecular weight excluding hydrogens is 306 g/mol. The third-order valence-corrected chi connectivity index (χ3v) is 2.90. The van der Waals surface area contributed by atoms with E-state index >= 15 is 0 Å². The Morgan fingerprint density at radius 1 is 1.17 bits per heavy atom. The number of anilines is 1. The zero-order valence-electron chi connectivity index (χ0n) is 14.7. The van der Waals surface area contributed by atoms with Gasteiger partial charge in [0, 0.05) is 10.8 Å². The number of carbonyl (C=O) groups excluding carboxylic acids is 1. The maximum atomic E-state index is 12.2. The minimum Gasteiger partial charge on any atom is -0.296 e. The number of aromatic nitrogens is 4. The summed E-state index contributed by atoms with van der Waals surface area (Å²) < 4.78 is 0. The van der Waals surface area contributed by atoms with Gasteiger partial charge in [-0.2, -0.15) is 4.98 Å². The highest BCUT2D eigenvalue weighted by Crippen LogP contribution is 2.15. The van der Waals surface area contributed by atoms with E-state index in [1.807, 2.05) is 20.8 Å². The summed E-state index contributed by atoms with van der Waals surface area (Å²) in [5.41, 5.74) is -0.616. The zero-order valence-corrected chi connectivity index (χ0v) is 14.7. The van der Waals surface area contributed by atoms with Crippen LogP contribution in [0.15, 0.2) is 11.0 Å². The third-order valence-electron chi connectivity index (χ3n) is 2.90. The predicted octanol–water partition coefficient (Wildman–Crippen LogP) is 2.10. The second-order valence-electron chi connectivity index (χ2n) is 7.55. The van der Waals surface area contributed by atoms with Crippen molar-refractivity contribution in [2.75, 3.05) is 5.32 Å². The van der Waals surface area contributed by atoms with Crippen molar-refractivity contribution in [3.63, 3.8) is 0 Å². The fourth-order valence-electron chi connectivity index (χ4n) is 1.58. The van der Waals surface area contributed by atoms with E-state index in [9.17, 15) is 9.59 Å². The first kappa shape index (κ1) is 17.6. The van der Waals surface area contributed by atoms with Crippen LogP contribution in [0.25, 0.3) is 11.2 Å². The molecule has 2 aromatic rings. The summed E-state index contributed by atoms with van der Waals surface area (Å²) in [4.78, 5) is 39.1. The molecule has 0 saturated heterocycles. The van der Waals surface area contributed by atoms with Crippen molar-refractivity contribution in [2.45, 2.75) is 41.5 Å². The Kier molecular flexibility index (Phi) is 4.43. The summed E-state index contributed by atoms with van der Waals surface area (Å²) in [6.45, 7) is 11.2. The van der Waals surface area contributed by atoms with Crippen LogP contribution in [-0.4, -0.2) is 25.8 Å². The third kappa shape index (κ3) is 4.38. The highest BCUT2D eigenvalue weighted by molar-refractivity contribution is 5.93. The minimum absolute atomic E-state index is 0.0512. The number of nitrogens with one attached hydrogen (secondary N) is 2. The molecule has 0 saturated carbocycles. The van der Waals surface area contributed by atoms with Crippen molar-refractivity contribution in [1.29, 1.82) is 0 Å². The lowest BCUT2D eigenvalue weighted by Gasteiger charge is -2.16. The average molecular weight is 327 g/mol. The monoisotopic (exact) mass is 327 g/mol. The van der Waals surface area contributed by atoms with Crippen LogP contribution in [0.3, 0.4) is 0 Å². The molecule has 0 aliphatic heterocycles. The van der Waals surface area contributed by atoms with E-state index in [0.717, 1.165) is 0 Å². The summed E-state index contributed by atoms with van der Waals surface area (Å²) in [5, 5.41) is 2.57. The van der Waals surface area contributed by atoms with E-state index in [-0.39, 0.29) is 28.4 Å². The Labute approximate surface area is 140 Å². The number of rotatable bonds is 1. The van der Waals surface area contributed by atoms with Gasteiger partial charge in [-0.3, -0.25) is 19.9 Å². The number of fused-ring (bicyclic) bond motifs is 1. The molecule has 2 heterocycles. The Hall–Kier alpha value is -2.75. The lowest BCUT2D eigenvalue weighted by Crippen LogP contribution is -2.29. The molecule has 0 aliphatic carbocycles. The molecule has 7 heteroatoms. The van der Waals surface area contributed by atoms with Crippen LogP contribution in [0, 0.1) is 22.7 Å². The van der Waals surface area contributed by atoms with Crippen LogP contribution in [0.4, 0.5) is 5.95 Å². The van der Waals surface area contributed by atoms with Gasteiger partial charge in [0.15, 0.2) is 11.2 Å². The summed E-state index contributed by atoms with van der Waals surface area (Å²) in [6.07, 6.45) is 1.46. The molecule has 0 aromatic carbocycles. The normalized spacial score (nSPS) is 11.8. The van der Waals surface area contributed by atoms with Gasteiger partial charge in [0.05, 0.1) is 6.20 Å². The first-order valence-electron chi connectivity index (χ1n) is 7.57. The fraction of sp³-hybridized carbons (Fsp3) is 0.471. The van der Waals surface area contributed by atoms with Crippen molar-refractivity contribution in [3.05, 3.63) is 22.2 Å². The summed E-state index contributed by atoms with van der Waals surface area (Å²) in [7, 11) is 0. The first-order valence-corrected chi connectivity index (χ1v) is 7.57. The highest BCUT2D eigenvalue weighted by atomic mass is 16.2. The largest absolute Gasteiger partial charge is 0.296 e. The van der Waals surface area contributed by atoms with Crippen LogP contribution in [0.1, 0.15) is 47.2 Å². The number of nitrogens with zero attached hydrogens (tertiary/aromatic N) is 3. The highest BCUT2D eigenvalue weighted by Gasteiger charge is 2.22. The maximum absolute atomic E-state index is 12.2. The van der Waals surface area contributed by atoms with Gasteiger partial charge in [0.25, 0.3) is 5.56 Å². The van der Waals surface area contributed by atoms with Crippen molar-refractivity contribution in [3.8, 4) is 11.8 Å². The molecule has 7 nitrogen and oxygen atoms in total. The van der Waals surface area contributed by atoms with Crippen molar-refractivity contribution < 1.29 is 4.79 Å². The molecule has 2 aromatic heterocycles. The van der Waals surface area contributed by atoms with Gasteiger partial charge in [-0.05, 0) is 26.7 Å². The van der Waals surface area contributed by atoms with Gasteiger partial charge in [-0.1, -0.05) is 26.7 Å². The maximum Gasteiger partial charge on any atom is 0.280 e. The molecule has 24 heavy (non-hydrogen) atoms. The Morgan fingerprint density at radius 3 is 2.42 bits per heavy atom. The Morgan fingerprint density at radius 2 is 1.83 bits per heavy atom. The molecule has 1 amide bonds. The van der Waals surface area contributed by atoms with E-state index in [1.54, 1.807) is 20.8 Å². The van der Waals surface area contributed by atoms with Crippen LogP contribution in [0.2, 0.25) is 0 Å². The topological polar surface area (TPSA) is 101 Å². The smallest absolute Gasteiger partial charge is 0.280 e. The summed E-state index contributed by atoms with van der Waals surface area (Å²) in [6, 6.07) is 0. The molecule has 2 N–H and O–H groups in total. The van der Waals surface area contributed by atoms with E-state index in [4.69, 9.17) is 0 Å². The fourth-order valence-corrected chi connectivity index (χ4v) is 1.58. The van der Waals surface area contributed by atoms with Crippen LogP contribution < -0.4 is 10.9 Å². The molecule has 0 unspecified atom stereocenters. The van der Waals surface area contributed by atoms with Crippen molar-refractivity contribution in [1.82, 2.24) is 19.9 Å². The van der Waals surface area contributed by atoms with Crippen LogP contribution >= 0.6 is 0 Å². The Balaban J connectivity index is 2.41. The lowest BCUT2D eigenvalue weighted by molar-refractivity contribution is -0.123. The predicted molar refractivity (Wildman–Crippen MR) is 92.4 cm³/mol. The van der Waals surface area contributed by atoms with Crippen molar-refractivity contribution in [2.24, 2.45) is 10.8 Å². The molecule has 2 rings (SSSR count). The van der Waals surface area contributed by atoms with Gasteiger partial charge in [-0.25, -0.2) is 9.97 Å². The lowest BCUT2D eigenvalue weighted by atomic mass is 9.96. The molecule has 0 radical (unpaired) electrons. The van der Waals surface area contributed by atoms with Gasteiger partial charge in [0.2, 0.25) is 11.9 Å². The summed E-state index contributed by atoms with van der Waals surface area (Å²) >= 11 is 0. The summed E-state index contributed by atoms with van der Waals surface area (Å²) in [5.74, 6) is 5.72. The zero-order chi connectivity index (χ0) is 18.1. The number of H-pyrrole nitrogens is 1. The number of amides is 1. The molecule has 0 atom stereocenters. The van der Waals surface area contributed by atoms with Crippen molar-refractivity contribution >= 4 is 23.0 Å². The molecule has 0 spiro atoms. The van der Waals surface area contributed by atoms with Gasteiger partial charge in [-0.15, -0.1) is 0 Å². The Bertz CT molecular complexity index is 905. The first-order chi connectivity index (χ1) is 11.0. The minimum atomic E-state index is -0.606. The molecule has 0 aliphatic rings. The van der Waals surface area contributed by atoms with Gasteiger partial charge >= 0.3 is 0 Å². The number of carbonyl (C=O) groups is 1.